The van der Waals surface area contributed by atoms with E-state index in [0.717, 1.165) is 37.0 Å². The molecule has 202 valence electrons. The largest absolute Gasteiger partial charge is 0.481 e. The van der Waals surface area contributed by atoms with Gasteiger partial charge in [-0.2, -0.15) is 13.2 Å². The van der Waals surface area contributed by atoms with E-state index in [0.29, 0.717) is 23.6 Å². The number of carboxylic acids is 1. The van der Waals surface area contributed by atoms with Crippen molar-refractivity contribution in [2.75, 3.05) is 18.4 Å². The van der Waals surface area contributed by atoms with Crippen LogP contribution in [0.5, 0.6) is 0 Å². The Labute approximate surface area is 217 Å². The first kappa shape index (κ1) is 28.4. The van der Waals surface area contributed by atoms with E-state index in [2.05, 4.69) is 22.5 Å². The molecule has 3 rings (SSSR count). The lowest BCUT2D eigenvalue weighted by Gasteiger charge is -2.16. The number of alkyl halides is 3. The first-order valence-electron chi connectivity index (χ1n) is 12.2. The fraction of sp³-hybridized carbons (Fsp3) is 0.333. The van der Waals surface area contributed by atoms with E-state index in [1.165, 1.54) is 22.8 Å². The highest BCUT2D eigenvalue weighted by Crippen LogP contribution is 2.30. The molecule has 2 aromatic carbocycles. The quantitative estimate of drug-likeness (QED) is 0.291. The summed E-state index contributed by atoms with van der Waals surface area (Å²) >= 11 is 0. The molecule has 0 atom stereocenters. The van der Waals surface area contributed by atoms with Crippen LogP contribution < -0.4 is 16.2 Å². The SMILES string of the molecule is CCCCCNc1nc(-c2ccc(C(F)(F)F)cc2)cc(=O)n1Cc1ccc(C(=O)NCCC(=O)O)cc1. The number of nitrogens with zero attached hydrogens (tertiary/aromatic N) is 2. The number of rotatable bonds is 12. The highest BCUT2D eigenvalue weighted by molar-refractivity contribution is 5.94. The van der Waals surface area contributed by atoms with Gasteiger partial charge >= 0.3 is 12.1 Å². The van der Waals surface area contributed by atoms with E-state index >= 15 is 0 Å². The number of carbonyl (C=O) groups excluding carboxylic acids is 1. The number of nitrogens with one attached hydrogen (secondary N) is 2. The van der Waals surface area contributed by atoms with Crippen molar-refractivity contribution in [1.82, 2.24) is 14.9 Å². The third-order valence-electron chi connectivity index (χ3n) is 5.76. The van der Waals surface area contributed by atoms with Gasteiger partial charge in [-0.15, -0.1) is 0 Å². The van der Waals surface area contributed by atoms with Crippen molar-refractivity contribution in [3.63, 3.8) is 0 Å². The molecule has 3 N–H and O–H groups in total. The summed E-state index contributed by atoms with van der Waals surface area (Å²) in [5.41, 5.74) is 0.536. The summed E-state index contributed by atoms with van der Waals surface area (Å²) in [5, 5.41) is 14.4. The predicted molar refractivity (Wildman–Crippen MR) is 137 cm³/mol. The van der Waals surface area contributed by atoms with Crippen LogP contribution in [-0.2, 0) is 17.5 Å². The maximum atomic E-state index is 13.1. The normalized spacial score (nSPS) is 11.3. The molecule has 0 spiro atoms. The molecule has 0 fully saturated rings. The summed E-state index contributed by atoms with van der Waals surface area (Å²) in [6.45, 7) is 2.78. The van der Waals surface area contributed by atoms with Crippen molar-refractivity contribution >= 4 is 17.8 Å². The Bertz CT molecular complexity index is 1300. The lowest BCUT2D eigenvalue weighted by atomic mass is 10.1. The number of benzene rings is 2. The highest BCUT2D eigenvalue weighted by Gasteiger charge is 2.30. The number of carbonyl (C=O) groups is 2. The Morgan fingerprint density at radius 1 is 1.00 bits per heavy atom. The topological polar surface area (TPSA) is 113 Å². The van der Waals surface area contributed by atoms with Crippen LogP contribution in [0.2, 0.25) is 0 Å². The van der Waals surface area contributed by atoms with Crippen LogP contribution >= 0.6 is 0 Å². The third kappa shape index (κ3) is 7.92. The standard InChI is InChI=1S/C27H29F3N4O4/c1-2-3-4-14-32-26-33-22(19-9-11-21(12-10-19)27(28,29)30)16-23(35)34(26)17-18-5-7-20(8-6-18)25(38)31-15-13-24(36)37/h5-12,16H,2-4,13-15,17H2,1H3,(H,31,38)(H,32,33)(H,36,37). The number of unbranched alkanes of at least 4 members (excludes halogenated alkanes) is 2. The molecule has 0 saturated heterocycles. The van der Waals surface area contributed by atoms with Gasteiger partial charge in [0.25, 0.3) is 11.5 Å². The fourth-order valence-electron chi connectivity index (χ4n) is 3.68. The molecule has 8 nitrogen and oxygen atoms in total. The minimum Gasteiger partial charge on any atom is -0.481 e. The van der Waals surface area contributed by atoms with Crippen molar-refractivity contribution in [2.24, 2.45) is 0 Å². The van der Waals surface area contributed by atoms with E-state index < -0.39 is 23.6 Å². The number of hydrogen-bond donors (Lipinski definition) is 3. The molecule has 0 bridgehead atoms. The number of carboxylic acid groups (broad SMARTS) is 1. The molecule has 1 aromatic heterocycles. The molecule has 0 radical (unpaired) electrons. The van der Waals surface area contributed by atoms with Gasteiger partial charge in [0, 0.05) is 30.3 Å². The molecule has 0 saturated carbocycles. The number of amides is 1. The van der Waals surface area contributed by atoms with Crippen LogP contribution in [0.3, 0.4) is 0 Å². The van der Waals surface area contributed by atoms with Gasteiger partial charge in [-0.1, -0.05) is 44.0 Å². The maximum Gasteiger partial charge on any atom is 0.416 e. The van der Waals surface area contributed by atoms with Crippen LogP contribution in [0.4, 0.5) is 19.1 Å². The Hall–Kier alpha value is -4.15. The van der Waals surface area contributed by atoms with Crippen LogP contribution in [0.15, 0.2) is 59.4 Å². The van der Waals surface area contributed by atoms with Gasteiger partial charge in [0.1, 0.15) is 0 Å². The van der Waals surface area contributed by atoms with E-state index in [9.17, 15) is 27.6 Å². The zero-order valence-corrected chi connectivity index (χ0v) is 20.8. The molecule has 1 heterocycles. The van der Waals surface area contributed by atoms with Crippen molar-refractivity contribution in [3.05, 3.63) is 81.6 Å². The van der Waals surface area contributed by atoms with Crippen LogP contribution in [0.1, 0.15) is 54.1 Å². The summed E-state index contributed by atoms with van der Waals surface area (Å²) in [6.07, 6.45) is -1.82. The zero-order chi connectivity index (χ0) is 27.7. The van der Waals surface area contributed by atoms with Gasteiger partial charge in [-0.05, 0) is 36.2 Å². The Morgan fingerprint density at radius 3 is 2.29 bits per heavy atom. The van der Waals surface area contributed by atoms with Gasteiger partial charge in [0.15, 0.2) is 0 Å². The summed E-state index contributed by atoms with van der Waals surface area (Å²) in [7, 11) is 0. The summed E-state index contributed by atoms with van der Waals surface area (Å²) in [4.78, 5) is 40.4. The third-order valence-corrected chi connectivity index (χ3v) is 5.76. The van der Waals surface area contributed by atoms with E-state index in [1.54, 1.807) is 24.3 Å². The number of hydrogen-bond acceptors (Lipinski definition) is 5. The van der Waals surface area contributed by atoms with E-state index in [4.69, 9.17) is 5.11 Å². The summed E-state index contributed by atoms with van der Waals surface area (Å²) in [6, 6.07) is 12.3. The number of halogens is 3. The zero-order valence-electron chi connectivity index (χ0n) is 20.8. The predicted octanol–water partition coefficient (Wildman–Crippen LogP) is 4.78. The lowest BCUT2D eigenvalue weighted by molar-refractivity contribution is -0.138. The van der Waals surface area contributed by atoms with Crippen molar-refractivity contribution in [3.8, 4) is 11.3 Å². The molecule has 0 unspecified atom stereocenters. The average Bonchev–Trinajstić information content (AvgIpc) is 2.88. The van der Waals surface area contributed by atoms with Crippen molar-refractivity contribution in [2.45, 2.75) is 45.3 Å². The molecule has 1 amide bonds. The second-order valence-corrected chi connectivity index (χ2v) is 8.69. The number of aromatic nitrogens is 2. The molecular formula is C27H29F3N4O4. The summed E-state index contributed by atoms with van der Waals surface area (Å²) in [5.74, 6) is -1.13. The second-order valence-electron chi connectivity index (χ2n) is 8.69. The fourth-order valence-corrected chi connectivity index (χ4v) is 3.68. The van der Waals surface area contributed by atoms with Crippen LogP contribution in [-0.4, -0.2) is 39.6 Å². The molecular weight excluding hydrogens is 501 g/mol. The van der Waals surface area contributed by atoms with Gasteiger partial charge in [-0.25, -0.2) is 4.98 Å². The smallest absolute Gasteiger partial charge is 0.416 e. The lowest BCUT2D eigenvalue weighted by Crippen LogP contribution is -2.26. The minimum absolute atomic E-state index is 0.00925. The highest BCUT2D eigenvalue weighted by atomic mass is 19.4. The molecule has 0 aliphatic carbocycles. The second kappa shape index (κ2) is 12.9. The van der Waals surface area contributed by atoms with Crippen LogP contribution in [0.25, 0.3) is 11.3 Å². The van der Waals surface area contributed by atoms with Gasteiger partial charge < -0.3 is 15.7 Å². The Morgan fingerprint density at radius 2 is 1.68 bits per heavy atom. The monoisotopic (exact) mass is 530 g/mol. The van der Waals surface area contributed by atoms with E-state index in [1.807, 2.05) is 0 Å². The first-order chi connectivity index (χ1) is 18.1. The minimum atomic E-state index is -4.46. The van der Waals surface area contributed by atoms with Crippen LogP contribution in [0, 0.1) is 0 Å². The number of anilines is 1. The Kier molecular flexibility index (Phi) is 9.64. The van der Waals surface area contributed by atoms with Crippen molar-refractivity contribution < 1.29 is 27.9 Å². The molecule has 38 heavy (non-hydrogen) atoms. The van der Waals surface area contributed by atoms with Gasteiger partial charge in [-0.3, -0.25) is 19.0 Å². The van der Waals surface area contributed by atoms with E-state index in [-0.39, 0.29) is 30.8 Å². The Balaban J connectivity index is 1.84. The average molecular weight is 531 g/mol. The van der Waals surface area contributed by atoms with Gasteiger partial charge in [0.2, 0.25) is 5.95 Å². The number of aliphatic carboxylic acids is 1. The van der Waals surface area contributed by atoms with Gasteiger partial charge in [0.05, 0.1) is 24.2 Å². The summed E-state index contributed by atoms with van der Waals surface area (Å²) < 4.78 is 40.3. The van der Waals surface area contributed by atoms with Crippen molar-refractivity contribution in [1.29, 1.82) is 0 Å². The maximum absolute atomic E-state index is 13.1. The molecule has 0 aliphatic heterocycles. The molecule has 11 heteroatoms. The molecule has 0 aliphatic rings. The first-order valence-corrected chi connectivity index (χ1v) is 12.2. The molecule has 3 aromatic rings.